The van der Waals surface area contributed by atoms with Gasteiger partial charge in [-0.05, 0) is 25.8 Å². The molecule has 0 amide bonds. The zero-order valence-electron chi connectivity index (χ0n) is 11.9. The molecule has 0 N–H and O–H groups in total. The van der Waals surface area contributed by atoms with Gasteiger partial charge < -0.3 is 18.9 Å². The predicted molar refractivity (Wildman–Crippen MR) is 71.8 cm³/mol. The van der Waals surface area contributed by atoms with E-state index in [9.17, 15) is 0 Å². The molecule has 0 bridgehead atoms. The summed E-state index contributed by atoms with van der Waals surface area (Å²) in [6.45, 7) is 5.11. The highest BCUT2D eigenvalue weighted by atomic mass is 16.8. The van der Waals surface area contributed by atoms with Gasteiger partial charge in [0.1, 0.15) is 11.7 Å². The van der Waals surface area contributed by atoms with Crippen molar-refractivity contribution in [1.29, 1.82) is 0 Å². The monoisotopic (exact) mass is 276 g/mol. The third-order valence-corrected chi connectivity index (χ3v) is 4.37. The van der Waals surface area contributed by atoms with E-state index < -0.39 is 5.79 Å². The molecule has 4 heteroatoms. The van der Waals surface area contributed by atoms with Crippen molar-refractivity contribution in [3.8, 4) is 0 Å². The Morgan fingerprint density at radius 1 is 1.15 bits per heavy atom. The Hall–Kier alpha value is -0.940. The normalized spacial score (nSPS) is 40.4. The topological polar surface area (TPSA) is 36.9 Å². The molecule has 0 aromatic heterocycles. The molecule has 0 spiro atoms. The Kier molecular flexibility index (Phi) is 2.73. The summed E-state index contributed by atoms with van der Waals surface area (Å²) in [7, 11) is 0. The molecule has 1 aromatic rings. The number of hydrogen-bond acceptors (Lipinski definition) is 4. The van der Waals surface area contributed by atoms with E-state index in [1.807, 2.05) is 32.0 Å². The first-order valence-corrected chi connectivity index (χ1v) is 7.23. The Morgan fingerprint density at radius 3 is 2.70 bits per heavy atom. The molecule has 0 unspecified atom stereocenters. The van der Waals surface area contributed by atoms with Gasteiger partial charge in [0.05, 0.1) is 13.2 Å². The van der Waals surface area contributed by atoms with Gasteiger partial charge in [-0.2, -0.15) is 0 Å². The molecular weight excluding hydrogens is 256 g/mol. The van der Waals surface area contributed by atoms with Crippen molar-refractivity contribution in [3.63, 3.8) is 0 Å². The van der Waals surface area contributed by atoms with Crippen molar-refractivity contribution in [3.05, 3.63) is 35.9 Å². The average molecular weight is 276 g/mol. The smallest absolute Gasteiger partial charge is 0.188 e. The minimum Gasteiger partial charge on any atom is -0.374 e. The highest BCUT2D eigenvalue weighted by molar-refractivity contribution is 5.17. The van der Waals surface area contributed by atoms with E-state index in [4.69, 9.17) is 18.9 Å². The van der Waals surface area contributed by atoms with E-state index in [0.717, 1.165) is 6.42 Å². The fourth-order valence-corrected chi connectivity index (χ4v) is 3.33. The lowest BCUT2D eigenvalue weighted by Gasteiger charge is -2.21. The van der Waals surface area contributed by atoms with Gasteiger partial charge in [-0.1, -0.05) is 30.3 Å². The first-order chi connectivity index (χ1) is 9.58. The summed E-state index contributed by atoms with van der Waals surface area (Å²) in [5, 5.41) is 0. The summed E-state index contributed by atoms with van der Waals surface area (Å²) >= 11 is 0. The SMILES string of the molecule is CC1(C)O[C@@H]2O[C@@]3(COCc4ccccc4)C[C@H]3[C@@H]2O1. The van der Waals surface area contributed by atoms with Crippen LogP contribution in [0.1, 0.15) is 25.8 Å². The second-order valence-corrected chi connectivity index (χ2v) is 6.44. The maximum atomic E-state index is 6.05. The van der Waals surface area contributed by atoms with Crippen LogP contribution in [0.15, 0.2) is 30.3 Å². The maximum absolute atomic E-state index is 6.05. The Labute approximate surface area is 119 Å². The molecule has 3 fully saturated rings. The highest BCUT2D eigenvalue weighted by Gasteiger charge is 2.71. The summed E-state index contributed by atoms with van der Waals surface area (Å²) in [6.07, 6.45) is 0.872. The molecule has 1 aliphatic carbocycles. The molecule has 2 heterocycles. The van der Waals surface area contributed by atoms with Crippen molar-refractivity contribution in [2.75, 3.05) is 6.61 Å². The van der Waals surface area contributed by atoms with Crippen molar-refractivity contribution in [2.45, 2.75) is 50.7 Å². The molecule has 4 atom stereocenters. The first-order valence-electron chi connectivity index (χ1n) is 7.23. The van der Waals surface area contributed by atoms with Crippen molar-refractivity contribution >= 4 is 0 Å². The van der Waals surface area contributed by atoms with Gasteiger partial charge in [-0.25, -0.2) is 0 Å². The van der Waals surface area contributed by atoms with E-state index in [1.165, 1.54) is 5.56 Å². The van der Waals surface area contributed by atoms with Crippen LogP contribution >= 0.6 is 0 Å². The molecule has 1 saturated carbocycles. The van der Waals surface area contributed by atoms with Crippen LogP contribution in [0.25, 0.3) is 0 Å². The lowest BCUT2D eigenvalue weighted by Crippen LogP contribution is -2.28. The molecular formula is C16H20O4. The van der Waals surface area contributed by atoms with Gasteiger partial charge in [-0.15, -0.1) is 0 Å². The number of ether oxygens (including phenoxy) is 4. The first kappa shape index (κ1) is 12.8. The summed E-state index contributed by atoms with van der Waals surface area (Å²) in [5.41, 5.74) is 1.02. The molecule has 4 nitrogen and oxygen atoms in total. The van der Waals surface area contributed by atoms with E-state index in [1.54, 1.807) is 0 Å². The number of rotatable bonds is 4. The quantitative estimate of drug-likeness (QED) is 0.846. The second-order valence-electron chi connectivity index (χ2n) is 6.44. The highest BCUT2D eigenvalue weighted by Crippen LogP contribution is 2.60. The Balaban J connectivity index is 1.32. The van der Waals surface area contributed by atoms with E-state index in [0.29, 0.717) is 19.1 Å². The molecule has 4 rings (SSSR count). The molecule has 2 aliphatic heterocycles. The van der Waals surface area contributed by atoms with Crippen molar-refractivity contribution in [2.24, 2.45) is 5.92 Å². The second kappa shape index (κ2) is 4.28. The fourth-order valence-electron chi connectivity index (χ4n) is 3.33. The molecule has 108 valence electrons. The minimum absolute atomic E-state index is 0.0744. The summed E-state index contributed by atoms with van der Waals surface area (Å²) < 4.78 is 23.6. The van der Waals surface area contributed by atoms with Crippen LogP contribution in [-0.2, 0) is 25.6 Å². The number of benzene rings is 1. The van der Waals surface area contributed by atoms with Gasteiger partial charge in [-0.3, -0.25) is 0 Å². The van der Waals surface area contributed by atoms with E-state index >= 15 is 0 Å². The average Bonchev–Trinajstić information content (AvgIpc) is 2.91. The van der Waals surface area contributed by atoms with Gasteiger partial charge >= 0.3 is 0 Å². The van der Waals surface area contributed by atoms with Crippen LogP contribution < -0.4 is 0 Å². The predicted octanol–water partition coefficient (Wildman–Crippen LogP) is 2.47. The van der Waals surface area contributed by atoms with Crippen LogP contribution in [0, 0.1) is 5.92 Å². The van der Waals surface area contributed by atoms with Crippen LogP contribution in [0.2, 0.25) is 0 Å². The van der Waals surface area contributed by atoms with Crippen LogP contribution in [-0.4, -0.2) is 30.4 Å². The Morgan fingerprint density at radius 2 is 1.95 bits per heavy atom. The summed E-state index contributed by atoms with van der Waals surface area (Å²) in [5.74, 6) is -0.0975. The zero-order valence-corrected chi connectivity index (χ0v) is 11.9. The third-order valence-electron chi connectivity index (χ3n) is 4.37. The zero-order chi connectivity index (χ0) is 13.8. The van der Waals surface area contributed by atoms with E-state index in [-0.39, 0.29) is 18.0 Å². The standard InChI is InChI=1S/C16H20O4/c1-15(2)18-13-12-8-16(12,20-14(13)19-15)10-17-9-11-6-4-3-5-7-11/h3-7,12-14H,8-10H2,1-2H3/t12-,13-,14+,16+/m0/s1. The lowest BCUT2D eigenvalue weighted by atomic mass is 10.2. The maximum Gasteiger partial charge on any atom is 0.188 e. The molecule has 2 saturated heterocycles. The van der Waals surface area contributed by atoms with E-state index in [2.05, 4.69) is 12.1 Å². The largest absolute Gasteiger partial charge is 0.374 e. The lowest BCUT2D eigenvalue weighted by molar-refractivity contribution is -0.216. The Bertz CT molecular complexity index is 500. The van der Waals surface area contributed by atoms with Gasteiger partial charge in [0.25, 0.3) is 0 Å². The van der Waals surface area contributed by atoms with Gasteiger partial charge in [0.15, 0.2) is 12.1 Å². The molecule has 1 aromatic carbocycles. The number of hydrogen-bond donors (Lipinski definition) is 0. The minimum atomic E-state index is -0.519. The molecule has 20 heavy (non-hydrogen) atoms. The van der Waals surface area contributed by atoms with Gasteiger partial charge in [0, 0.05) is 5.92 Å². The third kappa shape index (κ3) is 2.07. The molecule has 3 aliphatic rings. The van der Waals surface area contributed by atoms with Gasteiger partial charge in [0.2, 0.25) is 0 Å². The summed E-state index contributed by atoms with van der Waals surface area (Å²) in [4.78, 5) is 0. The molecule has 0 radical (unpaired) electrons. The van der Waals surface area contributed by atoms with Crippen LogP contribution in [0.5, 0.6) is 0 Å². The van der Waals surface area contributed by atoms with Crippen LogP contribution in [0.3, 0.4) is 0 Å². The van der Waals surface area contributed by atoms with Crippen LogP contribution in [0.4, 0.5) is 0 Å². The van der Waals surface area contributed by atoms with Crippen molar-refractivity contribution < 1.29 is 18.9 Å². The summed E-state index contributed by atoms with van der Waals surface area (Å²) in [6, 6.07) is 10.2. The number of fused-ring (bicyclic) bond motifs is 3. The fraction of sp³-hybridized carbons (Fsp3) is 0.625. The van der Waals surface area contributed by atoms with Crippen molar-refractivity contribution in [1.82, 2.24) is 0 Å².